The van der Waals surface area contributed by atoms with Gasteiger partial charge >= 0.3 is 0 Å². The Kier molecular flexibility index (Phi) is 3.52. The van der Waals surface area contributed by atoms with E-state index in [-0.39, 0.29) is 5.92 Å². The lowest BCUT2D eigenvalue weighted by atomic mass is 9.98. The third-order valence-corrected chi connectivity index (χ3v) is 2.19. The van der Waals surface area contributed by atoms with Gasteiger partial charge in [-0.1, -0.05) is 25.2 Å². The molecule has 0 fully saturated rings. The van der Waals surface area contributed by atoms with Crippen LogP contribution in [0.3, 0.4) is 0 Å². The van der Waals surface area contributed by atoms with E-state index in [1.54, 1.807) is 6.07 Å². The lowest BCUT2D eigenvalue weighted by Gasteiger charge is -2.10. The molecule has 0 aliphatic carbocycles. The molecule has 0 amide bonds. The quantitative estimate of drug-likeness (QED) is 0.784. The maximum atomic E-state index is 12.8. The molecule has 76 valence electrons. The van der Waals surface area contributed by atoms with Crippen LogP contribution < -0.4 is 5.73 Å². The second kappa shape index (κ2) is 4.46. The Morgan fingerprint density at radius 3 is 2.57 bits per heavy atom. The molecule has 0 aliphatic heterocycles. The van der Waals surface area contributed by atoms with Gasteiger partial charge in [0.1, 0.15) is 0 Å². The van der Waals surface area contributed by atoms with Gasteiger partial charge in [0.2, 0.25) is 0 Å². The number of rotatable bonds is 3. The first-order chi connectivity index (χ1) is 6.50. The summed E-state index contributed by atoms with van der Waals surface area (Å²) in [5, 5.41) is 0. The van der Waals surface area contributed by atoms with Crippen LogP contribution in [0.5, 0.6) is 0 Å². The van der Waals surface area contributed by atoms with Crippen molar-refractivity contribution in [2.75, 3.05) is 0 Å². The average Bonchev–Trinajstić information content (AvgIpc) is 2.08. The van der Waals surface area contributed by atoms with Crippen LogP contribution in [0, 0.1) is 11.6 Å². The summed E-state index contributed by atoms with van der Waals surface area (Å²) in [5.41, 5.74) is 6.07. The van der Waals surface area contributed by atoms with E-state index in [9.17, 15) is 8.78 Å². The molecule has 2 N–H and O–H groups in total. The van der Waals surface area contributed by atoms with E-state index in [0.717, 1.165) is 6.07 Å². The summed E-state index contributed by atoms with van der Waals surface area (Å²) in [6, 6.07) is 3.83. The van der Waals surface area contributed by atoms with Crippen molar-refractivity contribution in [2.24, 2.45) is 5.73 Å². The summed E-state index contributed by atoms with van der Waals surface area (Å²) >= 11 is 4.74. The minimum absolute atomic E-state index is 0.0163. The average molecular weight is 215 g/mol. The molecule has 0 saturated carbocycles. The standard InChI is InChI=1S/C10H11F2NS/c1-6(4-10(13)14)7-2-3-8(11)9(12)5-7/h2-3,5-6H,4H2,1H3,(H2,13,14). The van der Waals surface area contributed by atoms with E-state index in [0.29, 0.717) is 17.0 Å². The fourth-order valence-corrected chi connectivity index (χ4v) is 1.49. The zero-order chi connectivity index (χ0) is 10.7. The second-order valence-electron chi connectivity index (χ2n) is 3.25. The minimum atomic E-state index is -0.837. The second-order valence-corrected chi connectivity index (χ2v) is 3.77. The molecule has 0 bridgehead atoms. The summed E-state index contributed by atoms with van der Waals surface area (Å²) in [7, 11) is 0. The minimum Gasteiger partial charge on any atom is -0.393 e. The van der Waals surface area contributed by atoms with Crippen LogP contribution in [0.15, 0.2) is 18.2 Å². The Hall–Kier alpha value is -1.03. The number of hydrogen-bond acceptors (Lipinski definition) is 1. The van der Waals surface area contributed by atoms with E-state index < -0.39 is 11.6 Å². The van der Waals surface area contributed by atoms with Gasteiger partial charge < -0.3 is 5.73 Å². The van der Waals surface area contributed by atoms with Crippen molar-refractivity contribution < 1.29 is 8.78 Å². The molecule has 0 aromatic heterocycles. The predicted molar refractivity (Wildman–Crippen MR) is 56.2 cm³/mol. The van der Waals surface area contributed by atoms with E-state index in [1.165, 1.54) is 6.07 Å². The molecular weight excluding hydrogens is 204 g/mol. The van der Waals surface area contributed by atoms with Gasteiger partial charge in [0.05, 0.1) is 4.99 Å². The van der Waals surface area contributed by atoms with Crippen molar-refractivity contribution in [3.8, 4) is 0 Å². The SMILES string of the molecule is CC(CC(N)=S)c1ccc(F)c(F)c1. The topological polar surface area (TPSA) is 26.0 Å². The predicted octanol–water partition coefficient (Wildman–Crippen LogP) is 2.74. The van der Waals surface area contributed by atoms with Crippen LogP contribution in [-0.2, 0) is 0 Å². The van der Waals surface area contributed by atoms with Crippen LogP contribution >= 0.6 is 12.2 Å². The highest BCUT2D eigenvalue weighted by Crippen LogP contribution is 2.20. The highest BCUT2D eigenvalue weighted by atomic mass is 32.1. The molecule has 4 heteroatoms. The first kappa shape index (κ1) is 11.0. The Morgan fingerprint density at radius 2 is 2.07 bits per heavy atom. The number of thiocarbonyl (C=S) groups is 1. The number of nitrogens with two attached hydrogens (primary N) is 1. The van der Waals surface area contributed by atoms with Crippen LogP contribution in [0.4, 0.5) is 8.78 Å². The fourth-order valence-electron chi connectivity index (χ4n) is 1.24. The molecule has 14 heavy (non-hydrogen) atoms. The zero-order valence-electron chi connectivity index (χ0n) is 7.76. The molecule has 1 unspecified atom stereocenters. The van der Waals surface area contributed by atoms with Crippen molar-refractivity contribution >= 4 is 17.2 Å². The van der Waals surface area contributed by atoms with Crippen molar-refractivity contribution in [3.63, 3.8) is 0 Å². The van der Waals surface area contributed by atoms with Gasteiger partial charge in [-0.25, -0.2) is 8.78 Å². The van der Waals surface area contributed by atoms with Gasteiger partial charge in [-0.3, -0.25) is 0 Å². The van der Waals surface area contributed by atoms with Gasteiger partial charge in [0.25, 0.3) is 0 Å². The fraction of sp³-hybridized carbons (Fsp3) is 0.300. The van der Waals surface area contributed by atoms with Gasteiger partial charge in [0, 0.05) is 6.42 Å². The molecule has 1 aromatic carbocycles. The van der Waals surface area contributed by atoms with Crippen LogP contribution in [0.2, 0.25) is 0 Å². The molecule has 0 saturated heterocycles. The monoisotopic (exact) mass is 215 g/mol. The lowest BCUT2D eigenvalue weighted by molar-refractivity contribution is 0.506. The van der Waals surface area contributed by atoms with Crippen molar-refractivity contribution in [2.45, 2.75) is 19.3 Å². The Labute approximate surface area is 86.9 Å². The van der Waals surface area contributed by atoms with E-state index in [2.05, 4.69) is 0 Å². The van der Waals surface area contributed by atoms with E-state index in [1.807, 2.05) is 6.92 Å². The number of halogens is 2. The first-order valence-electron chi connectivity index (χ1n) is 4.24. The van der Waals surface area contributed by atoms with E-state index in [4.69, 9.17) is 18.0 Å². The molecule has 0 aliphatic rings. The molecule has 1 rings (SSSR count). The Morgan fingerprint density at radius 1 is 1.43 bits per heavy atom. The molecule has 1 nitrogen and oxygen atoms in total. The van der Waals surface area contributed by atoms with Crippen molar-refractivity contribution in [3.05, 3.63) is 35.4 Å². The normalized spacial score (nSPS) is 12.5. The summed E-state index contributed by atoms with van der Waals surface area (Å²) in [6.45, 7) is 1.87. The lowest BCUT2D eigenvalue weighted by Crippen LogP contribution is -2.11. The van der Waals surface area contributed by atoms with Gasteiger partial charge in [0.15, 0.2) is 11.6 Å². The molecule has 0 spiro atoms. The highest BCUT2D eigenvalue weighted by molar-refractivity contribution is 7.80. The molecule has 0 heterocycles. The largest absolute Gasteiger partial charge is 0.393 e. The van der Waals surface area contributed by atoms with E-state index >= 15 is 0 Å². The summed E-state index contributed by atoms with van der Waals surface area (Å²) in [5.74, 6) is -1.66. The van der Waals surface area contributed by atoms with Gasteiger partial charge in [-0.2, -0.15) is 0 Å². The molecule has 0 radical (unpaired) electrons. The maximum Gasteiger partial charge on any atom is 0.159 e. The van der Waals surface area contributed by atoms with Crippen LogP contribution in [-0.4, -0.2) is 4.99 Å². The van der Waals surface area contributed by atoms with Crippen LogP contribution in [0.1, 0.15) is 24.8 Å². The van der Waals surface area contributed by atoms with Crippen LogP contribution in [0.25, 0.3) is 0 Å². The zero-order valence-corrected chi connectivity index (χ0v) is 8.57. The summed E-state index contributed by atoms with van der Waals surface area (Å²) < 4.78 is 25.4. The summed E-state index contributed by atoms with van der Waals surface area (Å²) in [6.07, 6.45) is 0.500. The smallest absolute Gasteiger partial charge is 0.159 e. The molecule has 1 atom stereocenters. The van der Waals surface area contributed by atoms with Gasteiger partial charge in [-0.15, -0.1) is 0 Å². The third-order valence-electron chi connectivity index (χ3n) is 2.02. The maximum absolute atomic E-state index is 12.8. The highest BCUT2D eigenvalue weighted by Gasteiger charge is 2.09. The Bertz CT molecular complexity index is 352. The first-order valence-corrected chi connectivity index (χ1v) is 4.64. The summed E-state index contributed by atoms with van der Waals surface area (Å²) in [4.78, 5) is 0.377. The Balaban J connectivity index is 2.85. The molecular formula is C10H11F2NS. The van der Waals surface area contributed by atoms with Gasteiger partial charge in [-0.05, 0) is 23.6 Å². The number of benzene rings is 1. The van der Waals surface area contributed by atoms with Crippen molar-refractivity contribution in [1.29, 1.82) is 0 Å². The number of hydrogen-bond donors (Lipinski definition) is 1. The van der Waals surface area contributed by atoms with Crippen molar-refractivity contribution in [1.82, 2.24) is 0 Å². The molecule has 1 aromatic rings. The third kappa shape index (κ3) is 2.73.